The third-order valence-electron chi connectivity index (χ3n) is 4.02. The van der Waals surface area contributed by atoms with Crippen LogP contribution in [0.25, 0.3) is 0 Å². The Morgan fingerprint density at radius 1 is 0.786 bits per heavy atom. The van der Waals surface area contributed by atoms with Crippen molar-refractivity contribution in [3.63, 3.8) is 0 Å². The van der Waals surface area contributed by atoms with Crippen molar-refractivity contribution in [2.75, 3.05) is 30.5 Å². The average molecular weight is 376 g/mol. The van der Waals surface area contributed by atoms with Gasteiger partial charge >= 0.3 is 0 Å². The van der Waals surface area contributed by atoms with E-state index < -0.39 is 0 Å². The van der Waals surface area contributed by atoms with E-state index in [2.05, 4.69) is 10.6 Å². The number of hydrogen-bond acceptors (Lipinski definition) is 4. The van der Waals surface area contributed by atoms with Gasteiger partial charge in [0.05, 0.1) is 6.61 Å². The Labute approximate surface area is 165 Å². The van der Waals surface area contributed by atoms with Gasteiger partial charge in [0.2, 0.25) is 0 Å². The van der Waals surface area contributed by atoms with Crippen LogP contribution in [0.1, 0.15) is 17.3 Å². The molecule has 0 aliphatic rings. The van der Waals surface area contributed by atoms with Gasteiger partial charge in [0, 0.05) is 29.2 Å². The molecular weight excluding hydrogens is 352 g/mol. The van der Waals surface area contributed by atoms with Gasteiger partial charge in [-0.05, 0) is 67.6 Å². The standard InChI is InChI=1S/C23H24N2O3/c1-2-27-16-17-28-22-14-8-18(9-15-22)23(26)25-21-12-10-20(11-13-21)24-19-6-4-3-5-7-19/h3-15,24H,2,16-17H2,1H3,(H,25,26). The van der Waals surface area contributed by atoms with Crippen LogP contribution in [0, 0.1) is 0 Å². The van der Waals surface area contributed by atoms with Crippen molar-refractivity contribution in [3.8, 4) is 5.75 Å². The molecule has 0 unspecified atom stereocenters. The summed E-state index contributed by atoms with van der Waals surface area (Å²) < 4.78 is 10.8. The van der Waals surface area contributed by atoms with Gasteiger partial charge in [0.15, 0.2) is 0 Å². The Hall–Kier alpha value is -3.31. The van der Waals surface area contributed by atoms with Crippen molar-refractivity contribution in [2.45, 2.75) is 6.92 Å². The van der Waals surface area contributed by atoms with Gasteiger partial charge in [-0.2, -0.15) is 0 Å². The summed E-state index contributed by atoms with van der Waals surface area (Å²) in [5, 5.41) is 6.21. The first kappa shape index (κ1) is 19.5. The number of benzene rings is 3. The fourth-order valence-corrected chi connectivity index (χ4v) is 2.59. The summed E-state index contributed by atoms with van der Waals surface area (Å²) >= 11 is 0. The van der Waals surface area contributed by atoms with E-state index in [-0.39, 0.29) is 5.91 Å². The van der Waals surface area contributed by atoms with E-state index in [4.69, 9.17) is 9.47 Å². The Balaban J connectivity index is 1.52. The van der Waals surface area contributed by atoms with E-state index in [1.165, 1.54) is 0 Å². The summed E-state index contributed by atoms with van der Waals surface area (Å²) in [6, 6.07) is 24.6. The normalized spacial score (nSPS) is 10.3. The molecule has 2 N–H and O–H groups in total. The summed E-state index contributed by atoms with van der Waals surface area (Å²) in [5.74, 6) is 0.553. The van der Waals surface area contributed by atoms with Crippen molar-refractivity contribution in [3.05, 3.63) is 84.4 Å². The molecule has 3 aromatic carbocycles. The minimum absolute atomic E-state index is 0.162. The van der Waals surface area contributed by atoms with Crippen LogP contribution in [0.4, 0.5) is 17.1 Å². The predicted molar refractivity (Wildman–Crippen MR) is 113 cm³/mol. The maximum absolute atomic E-state index is 12.4. The lowest BCUT2D eigenvalue weighted by Crippen LogP contribution is -2.12. The summed E-state index contributed by atoms with van der Waals surface area (Å²) in [5.41, 5.74) is 3.28. The molecule has 28 heavy (non-hydrogen) atoms. The lowest BCUT2D eigenvalue weighted by molar-refractivity contribution is 0.102. The van der Waals surface area contributed by atoms with E-state index in [9.17, 15) is 4.79 Å². The van der Waals surface area contributed by atoms with Gasteiger partial charge < -0.3 is 20.1 Å². The second kappa shape index (κ2) is 10.1. The second-order valence-electron chi connectivity index (χ2n) is 6.09. The zero-order valence-electron chi connectivity index (χ0n) is 15.9. The molecule has 144 valence electrons. The number of nitrogens with one attached hydrogen (secondary N) is 2. The molecule has 0 spiro atoms. The number of carbonyl (C=O) groups is 1. The van der Waals surface area contributed by atoms with Crippen LogP contribution in [0.15, 0.2) is 78.9 Å². The zero-order chi connectivity index (χ0) is 19.6. The maximum atomic E-state index is 12.4. The summed E-state index contributed by atoms with van der Waals surface area (Å²) in [6.45, 7) is 3.66. The SMILES string of the molecule is CCOCCOc1ccc(C(=O)Nc2ccc(Nc3ccccc3)cc2)cc1. The smallest absolute Gasteiger partial charge is 0.255 e. The number of ether oxygens (including phenoxy) is 2. The van der Waals surface area contributed by atoms with Gasteiger partial charge in [-0.1, -0.05) is 18.2 Å². The van der Waals surface area contributed by atoms with Crippen LogP contribution in [0.5, 0.6) is 5.75 Å². The largest absolute Gasteiger partial charge is 0.491 e. The average Bonchev–Trinajstić information content (AvgIpc) is 2.74. The van der Waals surface area contributed by atoms with Crippen molar-refractivity contribution < 1.29 is 14.3 Å². The minimum atomic E-state index is -0.162. The molecule has 1 amide bonds. The third kappa shape index (κ3) is 5.86. The second-order valence-corrected chi connectivity index (χ2v) is 6.09. The zero-order valence-corrected chi connectivity index (χ0v) is 15.9. The van der Waals surface area contributed by atoms with E-state index in [0.29, 0.717) is 31.1 Å². The lowest BCUT2D eigenvalue weighted by atomic mass is 10.2. The summed E-state index contributed by atoms with van der Waals surface area (Å²) in [7, 11) is 0. The molecule has 0 fully saturated rings. The van der Waals surface area contributed by atoms with Crippen LogP contribution >= 0.6 is 0 Å². The highest BCUT2D eigenvalue weighted by Gasteiger charge is 2.06. The monoisotopic (exact) mass is 376 g/mol. The van der Waals surface area contributed by atoms with E-state index >= 15 is 0 Å². The number of anilines is 3. The Morgan fingerprint density at radius 3 is 2.11 bits per heavy atom. The Morgan fingerprint density at radius 2 is 1.43 bits per heavy atom. The van der Waals surface area contributed by atoms with Crippen LogP contribution in [0.3, 0.4) is 0 Å². The highest BCUT2D eigenvalue weighted by Crippen LogP contribution is 2.19. The third-order valence-corrected chi connectivity index (χ3v) is 4.02. The first-order valence-electron chi connectivity index (χ1n) is 9.28. The molecule has 0 saturated heterocycles. The van der Waals surface area contributed by atoms with Crippen LogP contribution in [0.2, 0.25) is 0 Å². The first-order valence-corrected chi connectivity index (χ1v) is 9.28. The minimum Gasteiger partial charge on any atom is -0.491 e. The molecule has 3 aromatic rings. The van der Waals surface area contributed by atoms with Gasteiger partial charge in [-0.25, -0.2) is 0 Å². The number of carbonyl (C=O) groups excluding carboxylic acids is 1. The predicted octanol–water partition coefficient (Wildman–Crippen LogP) is 5.10. The van der Waals surface area contributed by atoms with Gasteiger partial charge in [-0.15, -0.1) is 0 Å². The van der Waals surface area contributed by atoms with E-state index in [1.54, 1.807) is 24.3 Å². The Kier molecular flexibility index (Phi) is 7.04. The molecule has 5 heteroatoms. The Bertz CT molecular complexity index is 863. The van der Waals surface area contributed by atoms with Crippen molar-refractivity contribution in [2.24, 2.45) is 0 Å². The molecular formula is C23H24N2O3. The van der Waals surface area contributed by atoms with E-state index in [1.807, 2.05) is 61.5 Å². The van der Waals surface area contributed by atoms with Gasteiger partial charge in [0.25, 0.3) is 5.91 Å². The van der Waals surface area contributed by atoms with Gasteiger partial charge in [0.1, 0.15) is 12.4 Å². The number of rotatable bonds is 9. The quantitative estimate of drug-likeness (QED) is 0.510. The number of para-hydroxylation sites is 1. The van der Waals surface area contributed by atoms with Crippen molar-refractivity contribution in [1.29, 1.82) is 0 Å². The molecule has 0 heterocycles. The van der Waals surface area contributed by atoms with Crippen LogP contribution < -0.4 is 15.4 Å². The number of amides is 1. The summed E-state index contributed by atoms with van der Waals surface area (Å²) in [4.78, 5) is 12.4. The first-order chi connectivity index (χ1) is 13.7. The molecule has 0 aliphatic heterocycles. The number of hydrogen-bond donors (Lipinski definition) is 2. The van der Waals surface area contributed by atoms with Crippen molar-refractivity contribution >= 4 is 23.0 Å². The fourth-order valence-electron chi connectivity index (χ4n) is 2.59. The van der Waals surface area contributed by atoms with Gasteiger partial charge in [-0.3, -0.25) is 4.79 Å². The maximum Gasteiger partial charge on any atom is 0.255 e. The molecule has 0 aromatic heterocycles. The summed E-state index contributed by atoms with van der Waals surface area (Å²) in [6.07, 6.45) is 0. The molecule has 0 aliphatic carbocycles. The molecule has 5 nitrogen and oxygen atoms in total. The highest BCUT2D eigenvalue weighted by atomic mass is 16.5. The highest BCUT2D eigenvalue weighted by molar-refractivity contribution is 6.04. The fraction of sp³-hybridized carbons (Fsp3) is 0.174. The van der Waals surface area contributed by atoms with Crippen LogP contribution in [-0.4, -0.2) is 25.7 Å². The van der Waals surface area contributed by atoms with Crippen LogP contribution in [-0.2, 0) is 4.74 Å². The van der Waals surface area contributed by atoms with E-state index in [0.717, 1.165) is 17.1 Å². The van der Waals surface area contributed by atoms with Crippen molar-refractivity contribution in [1.82, 2.24) is 0 Å². The topological polar surface area (TPSA) is 59.6 Å². The molecule has 0 atom stereocenters. The molecule has 0 bridgehead atoms. The lowest BCUT2D eigenvalue weighted by Gasteiger charge is -2.09. The molecule has 3 rings (SSSR count). The molecule has 0 radical (unpaired) electrons. The molecule has 0 saturated carbocycles.